The number of hydrogen-bond donors (Lipinski definition) is 2. The van der Waals surface area contributed by atoms with Gasteiger partial charge in [0.05, 0.1) is 30.1 Å². The summed E-state index contributed by atoms with van der Waals surface area (Å²) in [5.41, 5.74) is 1.84. The predicted octanol–water partition coefficient (Wildman–Crippen LogP) is 5.27. The molecule has 1 fully saturated rings. The van der Waals surface area contributed by atoms with Crippen LogP contribution < -0.4 is 10.6 Å². The third-order valence-electron chi connectivity index (χ3n) is 6.44. The van der Waals surface area contributed by atoms with E-state index >= 15 is 0 Å². The van der Waals surface area contributed by atoms with Crippen LogP contribution in [0.2, 0.25) is 0 Å². The number of esters is 1. The molecule has 1 saturated heterocycles. The quantitative estimate of drug-likeness (QED) is 0.229. The van der Waals surface area contributed by atoms with Gasteiger partial charge in [0.25, 0.3) is 0 Å². The number of methoxy groups -OCH3 is 1. The summed E-state index contributed by atoms with van der Waals surface area (Å²) in [6, 6.07) is 21.4. The SMILES string of the molecule is COC(=O)c1ccccc1-c1ccc([C@H]2[C@@H](c3ccccn3)NC(=S)N2CCC(=O)Nc2ccccc2F)o1. The van der Waals surface area contributed by atoms with Crippen molar-refractivity contribution in [3.63, 3.8) is 0 Å². The van der Waals surface area contributed by atoms with E-state index in [0.717, 1.165) is 5.69 Å². The molecule has 0 aliphatic carbocycles. The number of anilines is 1. The van der Waals surface area contributed by atoms with Gasteiger partial charge in [-0.3, -0.25) is 9.78 Å². The fourth-order valence-electron chi connectivity index (χ4n) is 4.60. The Kier molecular flexibility index (Phi) is 7.64. The third-order valence-corrected chi connectivity index (χ3v) is 6.79. The Bertz CT molecular complexity index is 1510. The molecule has 1 aliphatic rings. The molecule has 1 amide bonds. The lowest BCUT2D eigenvalue weighted by atomic mass is 10.0. The smallest absolute Gasteiger partial charge is 0.338 e. The Morgan fingerprint density at radius 3 is 2.62 bits per heavy atom. The molecule has 39 heavy (non-hydrogen) atoms. The van der Waals surface area contributed by atoms with Crippen LogP contribution in [0.3, 0.4) is 0 Å². The van der Waals surface area contributed by atoms with Gasteiger partial charge in [-0.05, 0) is 54.7 Å². The fourth-order valence-corrected chi connectivity index (χ4v) is 4.93. The number of rotatable bonds is 8. The van der Waals surface area contributed by atoms with Crippen LogP contribution in [-0.4, -0.2) is 40.5 Å². The Hall–Kier alpha value is -4.57. The lowest BCUT2D eigenvalue weighted by Crippen LogP contribution is -2.32. The molecule has 2 N–H and O–H groups in total. The van der Waals surface area contributed by atoms with E-state index in [2.05, 4.69) is 15.6 Å². The van der Waals surface area contributed by atoms with Gasteiger partial charge >= 0.3 is 5.97 Å². The number of carbonyl (C=O) groups is 2. The summed E-state index contributed by atoms with van der Waals surface area (Å²) >= 11 is 5.66. The van der Waals surface area contributed by atoms with E-state index in [1.54, 1.807) is 42.6 Å². The van der Waals surface area contributed by atoms with Crippen molar-refractivity contribution in [1.29, 1.82) is 0 Å². The largest absolute Gasteiger partial charge is 0.465 e. The van der Waals surface area contributed by atoms with Gasteiger partial charge < -0.3 is 24.7 Å². The zero-order valence-electron chi connectivity index (χ0n) is 21.0. The molecule has 4 aromatic rings. The Labute approximate surface area is 229 Å². The number of pyridine rings is 1. The second kappa shape index (κ2) is 11.4. The second-order valence-corrected chi connectivity index (χ2v) is 9.22. The summed E-state index contributed by atoms with van der Waals surface area (Å²) in [6.45, 7) is 0.245. The Morgan fingerprint density at radius 1 is 1.08 bits per heavy atom. The predicted molar refractivity (Wildman–Crippen MR) is 147 cm³/mol. The van der Waals surface area contributed by atoms with Gasteiger partial charge in [0.2, 0.25) is 5.91 Å². The number of hydrogen-bond acceptors (Lipinski definition) is 6. The molecule has 0 saturated carbocycles. The molecule has 0 radical (unpaired) electrons. The van der Waals surface area contributed by atoms with E-state index in [1.165, 1.54) is 19.2 Å². The zero-order valence-corrected chi connectivity index (χ0v) is 21.8. The van der Waals surface area contributed by atoms with Crippen LogP contribution in [0, 0.1) is 5.82 Å². The highest BCUT2D eigenvalue weighted by atomic mass is 32.1. The molecule has 5 rings (SSSR count). The minimum Gasteiger partial charge on any atom is -0.465 e. The van der Waals surface area contributed by atoms with Crippen LogP contribution >= 0.6 is 12.2 Å². The van der Waals surface area contributed by atoms with Crippen LogP contribution in [0.1, 0.15) is 40.3 Å². The number of furan rings is 1. The first kappa shape index (κ1) is 26.1. The molecule has 1 aliphatic heterocycles. The van der Waals surface area contributed by atoms with Gasteiger partial charge in [-0.25, -0.2) is 9.18 Å². The summed E-state index contributed by atoms with van der Waals surface area (Å²) in [5.74, 6) is -0.271. The van der Waals surface area contributed by atoms with Gasteiger partial charge in [0.15, 0.2) is 5.11 Å². The van der Waals surface area contributed by atoms with E-state index in [4.69, 9.17) is 21.4 Å². The highest BCUT2D eigenvalue weighted by molar-refractivity contribution is 7.80. The molecule has 0 unspecified atom stereocenters. The molecule has 2 aromatic carbocycles. The lowest BCUT2D eigenvalue weighted by Gasteiger charge is -2.25. The van der Waals surface area contributed by atoms with Crippen molar-refractivity contribution in [2.75, 3.05) is 19.0 Å². The summed E-state index contributed by atoms with van der Waals surface area (Å²) in [4.78, 5) is 31.4. The number of para-hydroxylation sites is 1. The molecule has 2 aromatic heterocycles. The van der Waals surface area contributed by atoms with Crippen molar-refractivity contribution >= 4 is 34.9 Å². The maximum Gasteiger partial charge on any atom is 0.338 e. The lowest BCUT2D eigenvalue weighted by molar-refractivity contribution is -0.116. The Morgan fingerprint density at radius 2 is 1.85 bits per heavy atom. The number of nitrogens with one attached hydrogen (secondary N) is 2. The number of halogens is 1. The van der Waals surface area contributed by atoms with E-state index in [-0.39, 0.29) is 30.6 Å². The molecule has 10 heteroatoms. The first-order valence-corrected chi connectivity index (χ1v) is 12.7. The van der Waals surface area contributed by atoms with Crippen molar-refractivity contribution in [2.45, 2.75) is 18.5 Å². The van der Waals surface area contributed by atoms with Crippen molar-refractivity contribution in [2.24, 2.45) is 0 Å². The summed E-state index contributed by atoms with van der Waals surface area (Å²) < 4.78 is 25.3. The number of benzene rings is 2. The molecule has 3 heterocycles. The number of amides is 1. The highest BCUT2D eigenvalue weighted by Crippen LogP contribution is 2.41. The van der Waals surface area contributed by atoms with Gasteiger partial charge in [-0.2, -0.15) is 0 Å². The standard InChI is InChI=1S/C29H25FN4O4S/c1-37-28(36)19-9-3-2-8-18(19)23-13-14-24(38-23)27-26(22-12-6-7-16-31-22)33-29(39)34(27)17-15-25(35)32-21-11-5-4-10-20(21)30/h2-14,16,26-27H,15,17H2,1H3,(H,32,35)(H,33,39)/t26-,27+/m1/s1. The monoisotopic (exact) mass is 544 g/mol. The van der Waals surface area contributed by atoms with Crippen molar-refractivity contribution in [3.8, 4) is 11.3 Å². The van der Waals surface area contributed by atoms with Crippen LogP contribution in [0.25, 0.3) is 11.3 Å². The van der Waals surface area contributed by atoms with Crippen LogP contribution in [0.4, 0.5) is 10.1 Å². The van der Waals surface area contributed by atoms with Crippen molar-refractivity contribution < 1.29 is 23.1 Å². The van der Waals surface area contributed by atoms with E-state index in [9.17, 15) is 14.0 Å². The molecule has 198 valence electrons. The number of ether oxygens (including phenoxy) is 1. The third kappa shape index (κ3) is 5.51. The van der Waals surface area contributed by atoms with Gasteiger partial charge in [0.1, 0.15) is 23.4 Å². The minimum absolute atomic E-state index is 0.0559. The summed E-state index contributed by atoms with van der Waals surface area (Å²) in [7, 11) is 1.33. The fraction of sp³-hybridized carbons (Fsp3) is 0.172. The summed E-state index contributed by atoms with van der Waals surface area (Å²) in [6.07, 6.45) is 1.75. The number of nitrogens with zero attached hydrogens (tertiary/aromatic N) is 2. The maximum atomic E-state index is 14.0. The minimum atomic E-state index is -0.507. The number of thiocarbonyl (C=S) groups is 1. The molecule has 0 bridgehead atoms. The van der Waals surface area contributed by atoms with Crippen LogP contribution in [0.5, 0.6) is 0 Å². The molecule has 2 atom stereocenters. The maximum absolute atomic E-state index is 14.0. The average Bonchev–Trinajstić information content (AvgIpc) is 3.57. The number of carbonyl (C=O) groups excluding carboxylic acids is 2. The highest BCUT2D eigenvalue weighted by Gasteiger charge is 2.41. The van der Waals surface area contributed by atoms with E-state index < -0.39 is 17.8 Å². The first-order valence-electron chi connectivity index (χ1n) is 12.3. The summed E-state index contributed by atoms with van der Waals surface area (Å²) in [5, 5.41) is 6.35. The first-order chi connectivity index (χ1) is 19.0. The van der Waals surface area contributed by atoms with E-state index in [0.29, 0.717) is 27.8 Å². The normalized spacial score (nSPS) is 16.6. The zero-order chi connectivity index (χ0) is 27.4. The average molecular weight is 545 g/mol. The van der Waals surface area contributed by atoms with Crippen LogP contribution in [-0.2, 0) is 9.53 Å². The Balaban J connectivity index is 1.43. The second-order valence-electron chi connectivity index (χ2n) is 8.84. The molecular weight excluding hydrogens is 519 g/mol. The topological polar surface area (TPSA) is 96.7 Å². The van der Waals surface area contributed by atoms with Gasteiger partial charge in [0, 0.05) is 24.7 Å². The molecule has 8 nitrogen and oxygen atoms in total. The van der Waals surface area contributed by atoms with Crippen LogP contribution in [0.15, 0.2) is 89.5 Å². The van der Waals surface area contributed by atoms with Gasteiger partial charge in [-0.1, -0.05) is 36.4 Å². The molecular formula is C29H25FN4O4S. The van der Waals surface area contributed by atoms with Crippen molar-refractivity contribution in [3.05, 3.63) is 108 Å². The van der Waals surface area contributed by atoms with Gasteiger partial charge in [-0.15, -0.1) is 0 Å². The van der Waals surface area contributed by atoms with E-state index in [1.807, 2.05) is 35.2 Å². The van der Waals surface area contributed by atoms with Crippen molar-refractivity contribution in [1.82, 2.24) is 15.2 Å². The molecule has 0 spiro atoms. The number of aromatic nitrogens is 1.